The molecule has 2 N–H and O–H groups in total. The van der Waals surface area contributed by atoms with E-state index in [-0.39, 0.29) is 18.2 Å². The third-order valence-corrected chi connectivity index (χ3v) is 4.13. The smallest absolute Gasteiger partial charge is 0.180 e. The predicted octanol–water partition coefficient (Wildman–Crippen LogP) is 3.59. The Morgan fingerprint density at radius 1 is 1.41 bits per heavy atom. The molecule has 0 aliphatic heterocycles. The van der Waals surface area contributed by atoms with Crippen LogP contribution in [-0.2, 0) is 17.8 Å². The number of hydrogen-bond acceptors (Lipinski definition) is 5. The predicted molar refractivity (Wildman–Crippen MR) is 91.2 cm³/mol. The summed E-state index contributed by atoms with van der Waals surface area (Å²) < 4.78 is 18.2. The minimum atomic E-state index is -0.331. The van der Waals surface area contributed by atoms with Gasteiger partial charge in [-0.3, -0.25) is 4.90 Å². The average molecular weight is 366 g/mol. The Bertz CT molecular complexity index is 597. The number of hydrogen-bond donors (Lipinski definition) is 1. The van der Waals surface area contributed by atoms with Gasteiger partial charge < -0.3 is 10.5 Å². The van der Waals surface area contributed by atoms with Gasteiger partial charge in [0.25, 0.3) is 0 Å². The summed E-state index contributed by atoms with van der Waals surface area (Å²) in [5, 5.41) is 0.984. The van der Waals surface area contributed by atoms with Crippen LogP contribution in [0.25, 0.3) is 0 Å². The molecule has 0 aliphatic rings. The molecule has 2 rings (SSSR count). The highest BCUT2D eigenvalue weighted by molar-refractivity contribution is 7.15. The lowest BCUT2D eigenvalue weighted by Gasteiger charge is -2.21. The summed E-state index contributed by atoms with van der Waals surface area (Å²) in [6, 6.07) is 4.45. The summed E-state index contributed by atoms with van der Waals surface area (Å²) in [6.07, 6.45) is 1.77. The van der Waals surface area contributed by atoms with E-state index >= 15 is 0 Å². The summed E-state index contributed by atoms with van der Waals surface area (Å²) in [6.45, 7) is 2.65. The van der Waals surface area contributed by atoms with Crippen LogP contribution in [0, 0.1) is 5.82 Å². The molecular weight excluding hydrogens is 348 g/mol. The molecule has 8 heteroatoms. The zero-order valence-electron chi connectivity index (χ0n) is 12.1. The number of nitrogens with zero attached hydrogens (tertiary/aromatic N) is 2. The molecule has 0 bridgehead atoms. The molecule has 1 heterocycles. The molecule has 0 unspecified atom stereocenters. The van der Waals surface area contributed by atoms with Gasteiger partial charge in [0.2, 0.25) is 0 Å². The first-order valence-corrected chi connectivity index (χ1v) is 7.63. The second kappa shape index (κ2) is 9.27. The lowest BCUT2D eigenvalue weighted by molar-refractivity contribution is 0.140. The molecular formula is C14H18Cl2FN3OS. The molecule has 2 aromatic rings. The van der Waals surface area contributed by atoms with Crippen LogP contribution in [0.4, 0.5) is 9.52 Å². The fourth-order valence-corrected chi connectivity index (χ4v) is 2.89. The highest BCUT2D eigenvalue weighted by atomic mass is 35.5. The van der Waals surface area contributed by atoms with E-state index in [4.69, 9.17) is 22.1 Å². The van der Waals surface area contributed by atoms with Crippen LogP contribution in [0.15, 0.2) is 24.4 Å². The Hall–Kier alpha value is -0.920. The van der Waals surface area contributed by atoms with Gasteiger partial charge in [0, 0.05) is 42.8 Å². The number of methoxy groups -OCH3 is 1. The van der Waals surface area contributed by atoms with E-state index in [1.54, 1.807) is 19.4 Å². The number of thiazole rings is 1. The fourth-order valence-electron chi connectivity index (χ4n) is 1.94. The number of benzene rings is 1. The first kappa shape index (κ1) is 19.1. The molecule has 0 aliphatic carbocycles. The molecule has 22 heavy (non-hydrogen) atoms. The van der Waals surface area contributed by atoms with Gasteiger partial charge in [-0.25, -0.2) is 9.37 Å². The fraction of sp³-hybridized carbons (Fsp3) is 0.357. The van der Waals surface area contributed by atoms with Crippen LogP contribution in [0.3, 0.4) is 0 Å². The van der Waals surface area contributed by atoms with Gasteiger partial charge in [-0.05, 0) is 17.7 Å². The van der Waals surface area contributed by atoms with Crippen molar-refractivity contribution >= 4 is 40.5 Å². The molecule has 0 spiro atoms. The van der Waals surface area contributed by atoms with Crippen LogP contribution >= 0.6 is 35.3 Å². The average Bonchev–Trinajstić information content (AvgIpc) is 2.84. The summed E-state index contributed by atoms with van der Waals surface area (Å²) >= 11 is 7.55. The van der Waals surface area contributed by atoms with Crippen molar-refractivity contribution in [1.82, 2.24) is 9.88 Å². The number of nitrogens with two attached hydrogens (primary N) is 1. The van der Waals surface area contributed by atoms with E-state index in [9.17, 15) is 4.39 Å². The van der Waals surface area contributed by atoms with Crippen LogP contribution < -0.4 is 5.73 Å². The van der Waals surface area contributed by atoms with Crippen molar-refractivity contribution < 1.29 is 9.13 Å². The Balaban J connectivity index is 0.00000242. The normalized spacial score (nSPS) is 10.7. The lowest BCUT2D eigenvalue weighted by Crippen LogP contribution is -2.26. The van der Waals surface area contributed by atoms with Gasteiger partial charge in [0.15, 0.2) is 5.13 Å². The molecule has 4 nitrogen and oxygen atoms in total. The van der Waals surface area contributed by atoms with Crippen LogP contribution in [-0.4, -0.2) is 30.1 Å². The molecule has 0 atom stereocenters. The van der Waals surface area contributed by atoms with E-state index < -0.39 is 0 Å². The lowest BCUT2D eigenvalue weighted by atomic mass is 10.2. The first-order chi connectivity index (χ1) is 10.1. The Morgan fingerprint density at radius 3 is 2.77 bits per heavy atom. The van der Waals surface area contributed by atoms with Crippen molar-refractivity contribution in [1.29, 1.82) is 0 Å². The summed E-state index contributed by atoms with van der Waals surface area (Å²) in [4.78, 5) is 7.28. The van der Waals surface area contributed by atoms with Crippen molar-refractivity contribution in [3.63, 3.8) is 0 Å². The molecule has 0 fully saturated rings. The second-order valence-corrected chi connectivity index (χ2v) is 6.16. The largest absolute Gasteiger partial charge is 0.383 e. The topological polar surface area (TPSA) is 51.4 Å². The van der Waals surface area contributed by atoms with Gasteiger partial charge in [0.05, 0.1) is 6.61 Å². The summed E-state index contributed by atoms with van der Waals surface area (Å²) in [5.41, 5.74) is 6.53. The third kappa shape index (κ3) is 5.70. The van der Waals surface area contributed by atoms with Crippen LogP contribution in [0.5, 0.6) is 0 Å². The van der Waals surface area contributed by atoms with E-state index in [0.29, 0.717) is 29.9 Å². The van der Waals surface area contributed by atoms with Crippen LogP contribution in [0.2, 0.25) is 5.02 Å². The van der Waals surface area contributed by atoms with Crippen molar-refractivity contribution in [2.75, 3.05) is 26.0 Å². The van der Waals surface area contributed by atoms with Crippen molar-refractivity contribution in [3.8, 4) is 0 Å². The number of ether oxygens (including phenoxy) is 1. The number of rotatable bonds is 7. The molecule has 1 aromatic heterocycles. The van der Waals surface area contributed by atoms with Gasteiger partial charge in [-0.15, -0.1) is 23.7 Å². The van der Waals surface area contributed by atoms with Crippen molar-refractivity contribution in [2.24, 2.45) is 0 Å². The standard InChI is InChI=1S/C14H17ClFN3OS.ClH/c1-20-5-4-19(9-12-7-18-14(17)21-12)8-10-2-3-11(16)6-13(10)15;/h2-3,6-7H,4-5,8-9H2,1H3,(H2,17,18);1H. The van der Waals surface area contributed by atoms with E-state index in [1.807, 2.05) is 0 Å². The van der Waals surface area contributed by atoms with Crippen LogP contribution in [0.1, 0.15) is 10.4 Å². The number of aromatic nitrogens is 1. The monoisotopic (exact) mass is 365 g/mol. The maximum absolute atomic E-state index is 13.1. The Kier molecular flexibility index (Phi) is 8.06. The van der Waals surface area contributed by atoms with Gasteiger partial charge in [0.1, 0.15) is 5.82 Å². The Morgan fingerprint density at radius 2 is 2.18 bits per heavy atom. The summed E-state index contributed by atoms with van der Waals surface area (Å²) in [5.74, 6) is -0.331. The molecule has 0 saturated carbocycles. The van der Waals surface area contributed by atoms with E-state index in [1.165, 1.54) is 23.5 Å². The number of nitrogen functional groups attached to an aromatic ring is 1. The number of anilines is 1. The van der Waals surface area contributed by atoms with Gasteiger partial charge in [-0.1, -0.05) is 17.7 Å². The molecule has 0 saturated heterocycles. The minimum Gasteiger partial charge on any atom is -0.383 e. The summed E-state index contributed by atoms with van der Waals surface area (Å²) in [7, 11) is 1.66. The highest BCUT2D eigenvalue weighted by Crippen LogP contribution is 2.22. The minimum absolute atomic E-state index is 0. The SMILES string of the molecule is COCCN(Cc1cnc(N)s1)Cc1ccc(F)cc1Cl.Cl. The molecule has 0 amide bonds. The van der Waals surface area contributed by atoms with E-state index in [2.05, 4.69) is 9.88 Å². The molecule has 122 valence electrons. The maximum Gasteiger partial charge on any atom is 0.180 e. The molecule has 0 radical (unpaired) electrons. The zero-order valence-corrected chi connectivity index (χ0v) is 14.5. The quantitative estimate of drug-likeness (QED) is 0.814. The van der Waals surface area contributed by atoms with Crippen molar-refractivity contribution in [3.05, 3.63) is 45.7 Å². The first-order valence-electron chi connectivity index (χ1n) is 6.44. The van der Waals surface area contributed by atoms with Crippen molar-refractivity contribution in [2.45, 2.75) is 13.1 Å². The highest BCUT2D eigenvalue weighted by Gasteiger charge is 2.11. The second-order valence-electron chi connectivity index (χ2n) is 4.60. The number of halogens is 3. The van der Waals surface area contributed by atoms with Gasteiger partial charge in [-0.2, -0.15) is 0 Å². The maximum atomic E-state index is 13.1. The van der Waals surface area contributed by atoms with Gasteiger partial charge >= 0.3 is 0 Å². The van der Waals surface area contributed by atoms with E-state index in [0.717, 1.165) is 17.0 Å². The third-order valence-electron chi connectivity index (χ3n) is 2.97. The Labute approximate surface area is 144 Å². The molecule has 1 aromatic carbocycles. The zero-order chi connectivity index (χ0) is 15.2.